The second-order valence-corrected chi connectivity index (χ2v) is 9.74. The van der Waals surface area contributed by atoms with Gasteiger partial charge in [-0.3, -0.25) is 9.69 Å². The number of nitrogens with one attached hydrogen (secondary N) is 1. The fourth-order valence-corrected chi connectivity index (χ4v) is 4.28. The molecule has 0 unspecified atom stereocenters. The molecule has 0 saturated carbocycles. The van der Waals surface area contributed by atoms with E-state index < -0.39 is 9.84 Å². The zero-order valence-electron chi connectivity index (χ0n) is 16.4. The molecule has 5 nitrogen and oxygen atoms in total. The Hall–Kier alpha value is -2.18. The number of sulfone groups is 1. The van der Waals surface area contributed by atoms with Crippen molar-refractivity contribution in [2.24, 2.45) is 0 Å². The van der Waals surface area contributed by atoms with Crippen LogP contribution in [0.3, 0.4) is 0 Å². The van der Waals surface area contributed by atoms with Gasteiger partial charge in [0.2, 0.25) is 0 Å². The molecule has 0 spiro atoms. The maximum atomic E-state index is 12.3. The summed E-state index contributed by atoms with van der Waals surface area (Å²) in [4.78, 5) is 14.8. The first-order valence-corrected chi connectivity index (χ1v) is 11.8. The van der Waals surface area contributed by atoms with Gasteiger partial charge in [0.05, 0.1) is 5.75 Å². The van der Waals surface area contributed by atoms with Crippen LogP contribution in [0.1, 0.15) is 46.3 Å². The Labute approximate surface area is 167 Å². The normalized spacial score (nSPS) is 15.3. The van der Waals surface area contributed by atoms with E-state index in [0.717, 1.165) is 12.1 Å². The van der Waals surface area contributed by atoms with E-state index in [9.17, 15) is 13.2 Å². The fourth-order valence-electron chi connectivity index (χ4n) is 3.48. The van der Waals surface area contributed by atoms with Crippen molar-refractivity contribution in [2.45, 2.75) is 38.1 Å². The van der Waals surface area contributed by atoms with Gasteiger partial charge in [0.1, 0.15) is 0 Å². The molecule has 1 fully saturated rings. The molecule has 1 heterocycles. The van der Waals surface area contributed by atoms with Crippen LogP contribution in [0, 0.1) is 0 Å². The Kier molecular flexibility index (Phi) is 6.86. The third-order valence-electron chi connectivity index (χ3n) is 4.98. The highest BCUT2D eigenvalue weighted by Gasteiger charge is 2.11. The molecule has 2 aromatic carbocycles. The molecule has 0 bridgehead atoms. The second kappa shape index (κ2) is 9.34. The monoisotopic (exact) mass is 400 g/mol. The van der Waals surface area contributed by atoms with Gasteiger partial charge in [-0.2, -0.15) is 0 Å². The smallest absolute Gasteiger partial charge is 0.251 e. The van der Waals surface area contributed by atoms with Crippen LogP contribution in [0.15, 0.2) is 48.5 Å². The van der Waals surface area contributed by atoms with E-state index in [1.54, 1.807) is 24.3 Å². The maximum Gasteiger partial charge on any atom is 0.251 e. The third kappa shape index (κ3) is 6.46. The Bertz CT molecular complexity index is 884. The van der Waals surface area contributed by atoms with Gasteiger partial charge in [0, 0.05) is 24.9 Å². The van der Waals surface area contributed by atoms with Crippen LogP contribution in [-0.2, 0) is 28.7 Å². The number of piperidine rings is 1. The van der Waals surface area contributed by atoms with Crippen molar-refractivity contribution in [1.82, 2.24) is 10.2 Å². The van der Waals surface area contributed by atoms with Gasteiger partial charge < -0.3 is 5.32 Å². The number of carbonyl (C=O) groups excluding carboxylic acids is 1. The number of nitrogens with zero attached hydrogens (tertiary/aromatic N) is 1. The summed E-state index contributed by atoms with van der Waals surface area (Å²) in [5.74, 6) is -0.179. The average molecular weight is 401 g/mol. The predicted octanol–water partition coefficient (Wildman–Crippen LogP) is 3.15. The Morgan fingerprint density at radius 3 is 2.07 bits per heavy atom. The maximum absolute atomic E-state index is 12.3. The lowest BCUT2D eigenvalue weighted by Crippen LogP contribution is -2.29. The van der Waals surface area contributed by atoms with Gasteiger partial charge in [0.15, 0.2) is 9.84 Å². The highest BCUT2D eigenvalue weighted by atomic mass is 32.2. The van der Waals surface area contributed by atoms with Crippen molar-refractivity contribution in [3.63, 3.8) is 0 Å². The summed E-state index contributed by atoms with van der Waals surface area (Å²) >= 11 is 0. The SMILES string of the molecule is CS(=O)(=O)Cc1ccc(C(=O)NCc2ccc(CN3CCCCC3)cc2)cc1. The summed E-state index contributed by atoms with van der Waals surface area (Å²) in [6.45, 7) is 3.82. The van der Waals surface area contributed by atoms with Gasteiger partial charge in [-0.05, 0) is 54.8 Å². The predicted molar refractivity (Wildman–Crippen MR) is 112 cm³/mol. The summed E-state index contributed by atoms with van der Waals surface area (Å²) in [6, 6.07) is 15.1. The molecule has 3 rings (SSSR count). The van der Waals surface area contributed by atoms with Gasteiger partial charge in [-0.15, -0.1) is 0 Å². The quantitative estimate of drug-likeness (QED) is 0.775. The molecule has 0 aliphatic carbocycles. The van der Waals surface area contributed by atoms with Crippen LogP contribution in [0.5, 0.6) is 0 Å². The Morgan fingerprint density at radius 2 is 1.46 bits per heavy atom. The second-order valence-electron chi connectivity index (χ2n) is 7.60. The van der Waals surface area contributed by atoms with Gasteiger partial charge in [0.25, 0.3) is 5.91 Å². The lowest BCUT2D eigenvalue weighted by molar-refractivity contribution is 0.0951. The van der Waals surface area contributed by atoms with E-state index >= 15 is 0 Å². The Morgan fingerprint density at radius 1 is 0.893 bits per heavy atom. The number of carbonyl (C=O) groups is 1. The first kappa shape index (κ1) is 20.6. The van der Waals surface area contributed by atoms with Crippen LogP contribution in [0.25, 0.3) is 0 Å². The van der Waals surface area contributed by atoms with Crippen LogP contribution in [0.2, 0.25) is 0 Å². The van der Waals surface area contributed by atoms with E-state index in [1.807, 2.05) is 0 Å². The largest absolute Gasteiger partial charge is 0.348 e. The number of benzene rings is 2. The van der Waals surface area contributed by atoms with Crippen molar-refractivity contribution in [3.05, 3.63) is 70.8 Å². The molecule has 2 aromatic rings. The average Bonchev–Trinajstić information content (AvgIpc) is 2.67. The topological polar surface area (TPSA) is 66.5 Å². The number of rotatable bonds is 7. The first-order chi connectivity index (χ1) is 13.4. The molecule has 150 valence electrons. The number of likely N-dealkylation sites (tertiary alicyclic amines) is 1. The molecule has 1 aliphatic rings. The Balaban J connectivity index is 1.50. The van der Waals surface area contributed by atoms with Crippen LogP contribution in [-0.4, -0.2) is 38.6 Å². The molecule has 0 radical (unpaired) electrons. The zero-order chi connectivity index (χ0) is 20.0. The lowest BCUT2D eigenvalue weighted by atomic mass is 10.1. The van der Waals surface area contributed by atoms with E-state index in [0.29, 0.717) is 17.7 Å². The van der Waals surface area contributed by atoms with Gasteiger partial charge >= 0.3 is 0 Å². The van der Waals surface area contributed by atoms with Crippen molar-refractivity contribution >= 4 is 15.7 Å². The van der Waals surface area contributed by atoms with E-state index in [2.05, 4.69) is 34.5 Å². The van der Waals surface area contributed by atoms with Gasteiger partial charge in [-0.1, -0.05) is 42.8 Å². The molecule has 1 N–H and O–H groups in total. The molecule has 1 amide bonds. The summed E-state index contributed by atoms with van der Waals surface area (Å²) < 4.78 is 22.7. The molecule has 6 heteroatoms. The van der Waals surface area contributed by atoms with E-state index in [-0.39, 0.29) is 11.7 Å². The third-order valence-corrected chi connectivity index (χ3v) is 5.83. The number of hydrogen-bond acceptors (Lipinski definition) is 4. The van der Waals surface area contributed by atoms with Crippen molar-refractivity contribution in [3.8, 4) is 0 Å². The molecule has 1 aliphatic heterocycles. The minimum atomic E-state index is -3.07. The van der Waals surface area contributed by atoms with Crippen molar-refractivity contribution in [1.29, 1.82) is 0 Å². The standard InChI is InChI=1S/C22H28N2O3S/c1-28(26,27)17-20-9-11-21(12-10-20)22(25)23-15-18-5-7-19(8-6-18)16-24-13-3-2-4-14-24/h5-12H,2-4,13-17H2,1H3,(H,23,25). The molecule has 28 heavy (non-hydrogen) atoms. The van der Waals surface area contributed by atoms with Crippen molar-refractivity contribution < 1.29 is 13.2 Å². The molecule has 0 atom stereocenters. The molecule has 0 aromatic heterocycles. The van der Waals surface area contributed by atoms with Gasteiger partial charge in [-0.25, -0.2) is 8.42 Å². The van der Waals surface area contributed by atoms with Crippen LogP contribution in [0.4, 0.5) is 0 Å². The molecular formula is C22H28N2O3S. The fraction of sp³-hybridized carbons (Fsp3) is 0.409. The number of hydrogen-bond donors (Lipinski definition) is 1. The van der Waals surface area contributed by atoms with Crippen molar-refractivity contribution in [2.75, 3.05) is 19.3 Å². The summed E-state index contributed by atoms with van der Waals surface area (Å²) in [6.07, 6.45) is 5.12. The van der Waals surface area contributed by atoms with Crippen LogP contribution >= 0.6 is 0 Å². The van der Waals surface area contributed by atoms with E-state index in [1.165, 1.54) is 44.2 Å². The lowest BCUT2D eigenvalue weighted by Gasteiger charge is -2.26. The highest BCUT2D eigenvalue weighted by Crippen LogP contribution is 2.14. The molecule has 1 saturated heterocycles. The highest BCUT2D eigenvalue weighted by molar-refractivity contribution is 7.89. The minimum Gasteiger partial charge on any atom is -0.348 e. The summed E-state index contributed by atoms with van der Waals surface area (Å²) in [5.41, 5.74) is 3.57. The summed E-state index contributed by atoms with van der Waals surface area (Å²) in [5, 5.41) is 2.92. The van der Waals surface area contributed by atoms with Crippen LogP contribution < -0.4 is 5.32 Å². The number of amides is 1. The van der Waals surface area contributed by atoms with E-state index in [4.69, 9.17) is 0 Å². The summed E-state index contributed by atoms with van der Waals surface area (Å²) in [7, 11) is -3.07. The zero-order valence-corrected chi connectivity index (χ0v) is 17.2. The minimum absolute atomic E-state index is 0.0152. The molecular weight excluding hydrogens is 372 g/mol. The first-order valence-electron chi connectivity index (χ1n) is 9.74.